The zero-order valence-corrected chi connectivity index (χ0v) is 14.5. The van der Waals surface area contributed by atoms with Crippen molar-refractivity contribution in [3.63, 3.8) is 0 Å². The quantitative estimate of drug-likeness (QED) is 0.495. The smallest absolute Gasteiger partial charge is 0.326 e. The van der Waals surface area contributed by atoms with E-state index in [-0.39, 0.29) is 11.5 Å². The van der Waals surface area contributed by atoms with E-state index >= 15 is 0 Å². The van der Waals surface area contributed by atoms with Gasteiger partial charge in [0.2, 0.25) is 0 Å². The Labute approximate surface area is 125 Å². The molecule has 120 valence electrons. The lowest BCUT2D eigenvalue weighted by Gasteiger charge is -2.35. The zero-order valence-electron chi connectivity index (χ0n) is 14.5. The molecule has 0 aromatic carbocycles. The first kappa shape index (κ1) is 19.4. The molecule has 1 unspecified atom stereocenters. The number of hydrogen-bond acceptors (Lipinski definition) is 4. The number of nitrogens with one attached hydrogen (secondary N) is 1. The van der Waals surface area contributed by atoms with Crippen molar-refractivity contribution in [2.24, 2.45) is 0 Å². The van der Waals surface area contributed by atoms with Gasteiger partial charge in [-0.05, 0) is 74.0 Å². The second-order valence-electron chi connectivity index (χ2n) is 6.35. The van der Waals surface area contributed by atoms with Crippen molar-refractivity contribution in [2.45, 2.75) is 71.4 Å². The Morgan fingerprint density at radius 1 is 1.20 bits per heavy atom. The van der Waals surface area contributed by atoms with Crippen molar-refractivity contribution >= 4 is 5.97 Å². The fourth-order valence-corrected chi connectivity index (χ4v) is 2.02. The average Bonchev–Trinajstić information content (AvgIpc) is 2.43. The van der Waals surface area contributed by atoms with E-state index in [2.05, 4.69) is 38.0 Å². The SMILES string of the molecule is CCOC(=O)C(C)(CCCCN(C)C(C)(C)CC)NC. The third kappa shape index (κ3) is 5.80. The standard InChI is InChI=1S/C16H34N2O2/c1-8-15(3,4)18(7)13-11-10-12-16(5,17-6)14(19)20-9-2/h17H,8-13H2,1-7H3. The number of hydrogen-bond donors (Lipinski definition) is 1. The van der Waals surface area contributed by atoms with Crippen LogP contribution in [0.3, 0.4) is 0 Å². The van der Waals surface area contributed by atoms with E-state index in [0.29, 0.717) is 6.61 Å². The van der Waals surface area contributed by atoms with Gasteiger partial charge in [-0.1, -0.05) is 6.92 Å². The minimum Gasteiger partial charge on any atom is -0.465 e. The number of nitrogens with zero attached hydrogens (tertiary/aromatic N) is 1. The van der Waals surface area contributed by atoms with Gasteiger partial charge in [0.25, 0.3) is 0 Å². The van der Waals surface area contributed by atoms with Gasteiger partial charge in [0.15, 0.2) is 0 Å². The predicted molar refractivity (Wildman–Crippen MR) is 84.9 cm³/mol. The summed E-state index contributed by atoms with van der Waals surface area (Å²) in [6, 6.07) is 0. The van der Waals surface area contributed by atoms with Crippen LogP contribution < -0.4 is 5.32 Å². The predicted octanol–water partition coefficient (Wildman–Crippen LogP) is 2.82. The summed E-state index contributed by atoms with van der Waals surface area (Å²) >= 11 is 0. The summed E-state index contributed by atoms with van der Waals surface area (Å²) in [7, 11) is 4.00. The van der Waals surface area contributed by atoms with Gasteiger partial charge < -0.3 is 15.0 Å². The van der Waals surface area contributed by atoms with E-state index in [1.807, 2.05) is 20.9 Å². The molecule has 0 aliphatic rings. The fraction of sp³-hybridized carbons (Fsp3) is 0.938. The lowest BCUT2D eigenvalue weighted by Crippen LogP contribution is -2.48. The number of esters is 1. The minimum atomic E-state index is -0.561. The van der Waals surface area contributed by atoms with E-state index in [0.717, 1.165) is 32.2 Å². The number of unbranched alkanes of at least 4 members (excludes halogenated alkanes) is 1. The Bertz CT molecular complexity index is 292. The lowest BCUT2D eigenvalue weighted by molar-refractivity contribution is -0.150. The maximum atomic E-state index is 11.9. The van der Waals surface area contributed by atoms with Crippen LogP contribution in [0.15, 0.2) is 0 Å². The molecule has 0 heterocycles. The molecule has 0 aromatic heterocycles. The van der Waals surface area contributed by atoms with Gasteiger partial charge >= 0.3 is 5.97 Å². The first-order chi connectivity index (χ1) is 9.23. The summed E-state index contributed by atoms with van der Waals surface area (Å²) in [4.78, 5) is 14.3. The maximum absolute atomic E-state index is 11.9. The highest BCUT2D eigenvalue weighted by molar-refractivity contribution is 5.80. The molecule has 0 bridgehead atoms. The van der Waals surface area contributed by atoms with E-state index < -0.39 is 5.54 Å². The van der Waals surface area contributed by atoms with Crippen molar-refractivity contribution in [3.8, 4) is 0 Å². The number of ether oxygens (including phenoxy) is 1. The molecule has 1 N–H and O–H groups in total. The third-order valence-electron chi connectivity index (χ3n) is 4.60. The monoisotopic (exact) mass is 286 g/mol. The van der Waals surface area contributed by atoms with Gasteiger partial charge in [-0.25, -0.2) is 0 Å². The van der Waals surface area contributed by atoms with E-state index in [1.54, 1.807) is 0 Å². The summed E-state index contributed by atoms with van der Waals surface area (Å²) in [5.41, 5.74) is -0.317. The van der Waals surface area contributed by atoms with E-state index in [1.165, 1.54) is 0 Å². The molecule has 0 rings (SSSR count). The molecule has 20 heavy (non-hydrogen) atoms. The molecule has 0 aliphatic heterocycles. The van der Waals surface area contributed by atoms with Gasteiger partial charge in [0.05, 0.1) is 6.61 Å². The maximum Gasteiger partial charge on any atom is 0.326 e. The average molecular weight is 286 g/mol. The Morgan fingerprint density at radius 3 is 2.25 bits per heavy atom. The Balaban J connectivity index is 4.18. The number of carbonyl (C=O) groups excluding carboxylic acids is 1. The van der Waals surface area contributed by atoms with Crippen molar-refractivity contribution in [1.29, 1.82) is 0 Å². The zero-order chi connectivity index (χ0) is 15.8. The largest absolute Gasteiger partial charge is 0.465 e. The third-order valence-corrected chi connectivity index (χ3v) is 4.60. The molecule has 0 radical (unpaired) electrons. The minimum absolute atomic E-state index is 0.148. The fourth-order valence-electron chi connectivity index (χ4n) is 2.02. The van der Waals surface area contributed by atoms with Crippen molar-refractivity contribution in [3.05, 3.63) is 0 Å². The summed E-state index contributed by atoms with van der Waals surface area (Å²) in [6.45, 7) is 12.0. The van der Waals surface area contributed by atoms with Crippen LogP contribution in [0.2, 0.25) is 0 Å². The highest BCUT2D eigenvalue weighted by atomic mass is 16.5. The van der Waals surface area contributed by atoms with Gasteiger partial charge in [-0.3, -0.25) is 4.79 Å². The van der Waals surface area contributed by atoms with Crippen LogP contribution in [0.4, 0.5) is 0 Å². The second-order valence-corrected chi connectivity index (χ2v) is 6.35. The highest BCUT2D eigenvalue weighted by Crippen LogP contribution is 2.19. The van der Waals surface area contributed by atoms with Crippen LogP contribution in [-0.4, -0.2) is 49.2 Å². The summed E-state index contributed by atoms with van der Waals surface area (Å²) in [5.74, 6) is -0.148. The summed E-state index contributed by atoms with van der Waals surface area (Å²) in [6.07, 6.45) is 4.06. The van der Waals surface area contributed by atoms with Crippen LogP contribution in [0.25, 0.3) is 0 Å². The molecule has 0 spiro atoms. The van der Waals surface area contributed by atoms with Crippen LogP contribution >= 0.6 is 0 Å². The summed E-state index contributed by atoms with van der Waals surface area (Å²) < 4.78 is 5.14. The van der Waals surface area contributed by atoms with Crippen molar-refractivity contribution < 1.29 is 9.53 Å². The van der Waals surface area contributed by atoms with Gasteiger partial charge in [-0.15, -0.1) is 0 Å². The highest BCUT2D eigenvalue weighted by Gasteiger charge is 2.32. The lowest BCUT2D eigenvalue weighted by atomic mass is 9.94. The Morgan fingerprint density at radius 2 is 1.80 bits per heavy atom. The molecular weight excluding hydrogens is 252 g/mol. The molecule has 4 heteroatoms. The summed E-state index contributed by atoms with van der Waals surface area (Å²) in [5, 5.41) is 3.10. The molecular formula is C16H34N2O2. The van der Waals surface area contributed by atoms with Crippen LogP contribution in [-0.2, 0) is 9.53 Å². The van der Waals surface area contributed by atoms with Crippen LogP contribution in [0.5, 0.6) is 0 Å². The van der Waals surface area contributed by atoms with Gasteiger partial charge in [-0.2, -0.15) is 0 Å². The molecule has 0 aliphatic carbocycles. The number of likely N-dealkylation sites (N-methyl/N-ethyl adjacent to an activating group) is 1. The first-order valence-electron chi connectivity index (χ1n) is 7.81. The van der Waals surface area contributed by atoms with Crippen LogP contribution in [0.1, 0.15) is 60.3 Å². The molecule has 0 amide bonds. The molecule has 1 atom stereocenters. The molecule has 0 fully saturated rings. The topological polar surface area (TPSA) is 41.6 Å². The van der Waals surface area contributed by atoms with E-state index in [4.69, 9.17) is 4.74 Å². The van der Waals surface area contributed by atoms with Crippen molar-refractivity contribution in [1.82, 2.24) is 10.2 Å². The van der Waals surface area contributed by atoms with E-state index in [9.17, 15) is 4.79 Å². The molecule has 0 saturated carbocycles. The molecule has 0 saturated heterocycles. The first-order valence-corrected chi connectivity index (χ1v) is 7.81. The number of rotatable bonds is 10. The van der Waals surface area contributed by atoms with Gasteiger partial charge in [0.1, 0.15) is 5.54 Å². The van der Waals surface area contributed by atoms with Crippen LogP contribution in [0, 0.1) is 0 Å². The Hall–Kier alpha value is -0.610. The Kier molecular flexibility index (Phi) is 8.36. The molecule has 4 nitrogen and oxygen atoms in total. The normalized spacial score (nSPS) is 15.2. The number of carbonyl (C=O) groups is 1. The molecule has 0 aromatic rings. The second kappa shape index (κ2) is 8.63. The van der Waals surface area contributed by atoms with Crippen molar-refractivity contribution in [2.75, 3.05) is 27.2 Å². The van der Waals surface area contributed by atoms with Gasteiger partial charge in [0, 0.05) is 5.54 Å².